The van der Waals surface area contributed by atoms with E-state index < -0.39 is 5.60 Å². The third-order valence-corrected chi connectivity index (χ3v) is 6.04. The molecule has 3 rings (SSSR count). The number of likely N-dealkylation sites (tertiary alicyclic amines) is 1. The number of hydrogen-bond donors (Lipinski definition) is 0. The number of carbonyl (C=O) groups excluding carboxylic acids is 2. The second kappa shape index (κ2) is 11.5. The first kappa shape index (κ1) is 27.1. The van der Waals surface area contributed by atoms with E-state index in [0.717, 1.165) is 33.8 Å². The van der Waals surface area contributed by atoms with Gasteiger partial charge in [-0.25, -0.2) is 4.79 Å². The maximum Gasteiger partial charge on any atom is 0.410 e. The predicted octanol–water partition coefficient (Wildman–Crippen LogP) is 5.81. The third-order valence-electron chi connectivity index (χ3n) is 6.04. The van der Waals surface area contributed by atoms with Crippen LogP contribution in [0.1, 0.15) is 58.9 Å². The van der Waals surface area contributed by atoms with Crippen molar-refractivity contribution in [3.05, 3.63) is 54.1 Å². The van der Waals surface area contributed by atoms with E-state index in [9.17, 15) is 14.9 Å². The molecular weight excluding hydrogens is 454 g/mol. The van der Waals surface area contributed by atoms with Crippen molar-refractivity contribution in [2.45, 2.75) is 65.1 Å². The summed E-state index contributed by atoms with van der Waals surface area (Å²) in [4.78, 5) is 28.1. The van der Waals surface area contributed by atoms with Crippen molar-refractivity contribution in [1.29, 1.82) is 5.26 Å². The normalized spacial score (nSPS) is 16.4. The molecule has 1 saturated heterocycles. The van der Waals surface area contributed by atoms with Gasteiger partial charge in [0.15, 0.2) is 6.19 Å². The van der Waals surface area contributed by atoms with Crippen molar-refractivity contribution in [3.63, 3.8) is 0 Å². The molecule has 1 fully saturated rings. The zero-order valence-electron chi connectivity index (χ0n) is 22.2. The Kier molecular flexibility index (Phi) is 8.62. The minimum atomic E-state index is -0.526. The van der Waals surface area contributed by atoms with Crippen molar-refractivity contribution in [3.8, 4) is 23.1 Å². The fraction of sp³-hybridized carbons (Fsp3) is 0.483. The molecule has 2 aromatic carbocycles. The molecule has 192 valence electrons. The lowest BCUT2D eigenvalue weighted by atomic mass is 9.87. The first-order valence-electron chi connectivity index (χ1n) is 12.5. The van der Waals surface area contributed by atoms with Gasteiger partial charge >= 0.3 is 6.09 Å². The predicted molar refractivity (Wildman–Crippen MR) is 139 cm³/mol. The topological polar surface area (TPSA) is 82.9 Å². The Bertz CT molecular complexity index is 1120. The zero-order chi connectivity index (χ0) is 26.5. The number of likely N-dealkylation sites (N-methyl/N-ethyl adjacent to an activating group) is 1. The Labute approximate surface area is 214 Å². The fourth-order valence-electron chi connectivity index (χ4n) is 4.33. The van der Waals surface area contributed by atoms with Gasteiger partial charge in [-0.05, 0) is 61.9 Å². The fourth-order valence-corrected chi connectivity index (χ4v) is 4.33. The molecule has 0 spiro atoms. The van der Waals surface area contributed by atoms with Crippen LogP contribution in [0.25, 0.3) is 11.1 Å². The van der Waals surface area contributed by atoms with E-state index in [1.807, 2.05) is 75.5 Å². The van der Waals surface area contributed by atoms with Gasteiger partial charge in [0.1, 0.15) is 17.5 Å². The minimum absolute atomic E-state index is 0.103. The molecule has 7 heteroatoms. The van der Waals surface area contributed by atoms with Gasteiger partial charge in [0.25, 0.3) is 0 Å². The average molecular weight is 492 g/mol. The molecular formula is C29H37N3O4. The molecule has 1 aliphatic rings. The van der Waals surface area contributed by atoms with E-state index >= 15 is 0 Å². The highest BCUT2D eigenvalue weighted by molar-refractivity contribution is 5.85. The molecule has 2 unspecified atom stereocenters. The van der Waals surface area contributed by atoms with E-state index in [-0.39, 0.29) is 24.0 Å². The van der Waals surface area contributed by atoms with E-state index in [0.29, 0.717) is 25.4 Å². The number of nitrogens with zero attached hydrogens (tertiary/aromatic N) is 3. The number of carbonyl (C=O) groups is 2. The monoisotopic (exact) mass is 491 g/mol. The minimum Gasteiger partial charge on any atom is -0.488 e. The SMILES string of the molecule is CC(C)CC(C(=O)N(C)C#N)c1cccc(-c2cccc(OC3CCN(C(=O)OC(C)(C)C)C3)c2)c1. The summed E-state index contributed by atoms with van der Waals surface area (Å²) in [6, 6.07) is 15.8. The van der Waals surface area contributed by atoms with Crippen LogP contribution >= 0.6 is 0 Å². The number of hydrogen-bond acceptors (Lipinski definition) is 5. The standard InChI is InChI=1S/C29H37N3O4/c1-20(2)15-26(27(33)31(6)19-30)23-11-7-9-21(16-23)22-10-8-12-24(17-22)35-25-13-14-32(18-25)28(34)36-29(3,4)5/h7-12,16-17,20,25-26H,13-15,18H2,1-6H3. The largest absolute Gasteiger partial charge is 0.488 e. The van der Waals surface area contributed by atoms with Crippen molar-refractivity contribution < 1.29 is 19.1 Å². The molecule has 36 heavy (non-hydrogen) atoms. The number of rotatable bonds is 7. The molecule has 2 aromatic rings. The van der Waals surface area contributed by atoms with Crippen LogP contribution in [-0.4, -0.2) is 53.6 Å². The van der Waals surface area contributed by atoms with Gasteiger partial charge in [-0.3, -0.25) is 9.69 Å². The van der Waals surface area contributed by atoms with E-state index in [2.05, 4.69) is 13.8 Å². The zero-order valence-corrected chi connectivity index (χ0v) is 22.2. The Hall–Kier alpha value is -3.53. The summed E-state index contributed by atoms with van der Waals surface area (Å²) in [5.74, 6) is 0.452. The van der Waals surface area contributed by atoms with Crippen molar-refractivity contribution >= 4 is 12.0 Å². The summed E-state index contributed by atoms with van der Waals surface area (Å²) in [5.41, 5.74) is 2.31. The van der Waals surface area contributed by atoms with Gasteiger partial charge in [-0.2, -0.15) is 5.26 Å². The second-order valence-corrected chi connectivity index (χ2v) is 10.8. The van der Waals surface area contributed by atoms with Gasteiger partial charge < -0.3 is 14.4 Å². The lowest BCUT2D eigenvalue weighted by molar-refractivity contribution is -0.129. The molecule has 0 N–H and O–H groups in total. The second-order valence-electron chi connectivity index (χ2n) is 10.8. The first-order valence-corrected chi connectivity index (χ1v) is 12.5. The van der Waals surface area contributed by atoms with Crippen molar-refractivity contribution in [1.82, 2.24) is 9.80 Å². The van der Waals surface area contributed by atoms with Crippen LogP contribution in [-0.2, 0) is 9.53 Å². The first-order chi connectivity index (χ1) is 17.0. The van der Waals surface area contributed by atoms with E-state index in [1.54, 1.807) is 4.90 Å². The highest BCUT2D eigenvalue weighted by Crippen LogP contribution is 2.31. The van der Waals surface area contributed by atoms with Crippen LogP contribution in [0.3, 0.4) is 0 Å². The molecule has 0 aliphatic carbocycles. The van der Waals surface area contributed by atoms with Crippen LogP contribution in [0.4, 0.5) is 4.79 Å². The van der Waals surface area contributed by atoms with Crippen LogP contribution in [0.5, 0.6) is 5.75 Å². The lowest BCUT2D eigenvalue weighted by Crippen LogP contribution is -2.36. The van der Waals surface area contributed by atoms with Gasteiger partial charge in [0.05, 0.1) is 12.5 Å². The molecule has 2 atom stereocenters. The Morgan fingerprint density at radius 3 is 2.44 bits per heavy atom. The maximum absolute atomic E-state index is 12.9. The molecule has 1 aliphatic heterocycles. The summed E-state index contributed by atoms with van der Waals surface area (Å²) in [6.07, 6.45) is 2.92. The number of amides is 2. The molecule has 2 amide bonds. The Balaban J connectivity index is 1.75. The Morgan fingerprint density at radius 1 is 1.14 bits per heavy atom. The number of benzene rings is 2. The van der Waals surface area contributed by atoms with Crippen LogP contribution in [0.2, 0.25) is 0 Å². The van der Waals surface area contributed by atoms with Crippen molar-refractivity contribution in [2.75, 3.05) is 20.1 Å². The molecule has 0 radical (unpaired) electrons. The van der Waals surface area contributed by atoms with Gasteiger partial charge in [-0.1, -0.05) is 50.2 Å². The van der Waals surface area contributed by atoms with E-state index in [4.69, 9.17) is 9.47 Å². The van der Waals surface area contributed by atoms with Gasteiger partial charge in [0.2, 0.25) is 5.91 Å². The third kappa shape index (κ3) is 7.24. The van der Waals surface area contributed by atoms with Gasteiger partial charge in [-0.15, -0.1) is 0 Å². The molecule has 0 saturated carbocycles. The summed E-state index contributed by atoms with van der Waals surface area (Å²) >= 11 is 0. The van der Waals surface area contributed by atoms with Gasteiger partial charge in [0, 0.05) is 20.0 Å². The summed E-state index contributed by atoms with van der Waals surface area (Å²) in [5, 5.41) is 9.22. The number of nitriles is 1. The smallest absolute Gasteiger partial charge is 0.410 e. The molecule has 1 heterocycles. The summed E-state index contributed by atoms with van der Waals surface area (Å²) < 4.78 is 11.7. The highest BCUT2D eigenvalue weighted by atomic mass is 16.6. The maximum atomic E-state index is 12.9. The van der Waals surface area contributed by atoms with Crippen LogP contribution in [0.15, 0.2) is 48.5 Å². The molecule has 7 nitrogen and oxygen atoms in total. The highest BCUT2D eigenvalue weighted by Gasteiger charge is 2.31. The quantitative estimate of drug-likeness (QED) is 0.360. The van der Waals surface area contributed by atoms with Crippen LogP contribution in [0, 0.1) is 17.4 Å². The lowest BCUT2D eigenvalue weighted by Gasteiger charge is -2.24. The average Bonchev–Trinajstić information content (AvgIpc) is 3.29. The Morgan fingerprint density at radius 2 is 1.81 bits per heavy atom. The summed E-state index contributed by atoms with van der Waals surface area (Å²) in [6.45, 7) is 10.8. The molecule has 0 aromatic heterocycles. The van der Waals surface area contributed by atoms with Crippen molar-refractivity contribution in [2.24, 2.45) is 5.92 Å². The van der Waals surface area contributed by atoms with Crippen LogP contribution < -0.4 is 4.74 Å². The number of ether oxygens (including phenoxy) is 2. The van der Waals surface area contributed by atoms with E-state index in [1.165, 1.54) is 7.05 Å². The summed E-state index contributed by atoms with van der Waals surface area (Å²) in [7, 11) is 1.51. The molecule has 0 bridgehead atoms.